The predicted molar refractivity (Wildman–Crippen MR) is 62.2 cm³/mol. The molecule has 0 N–H and O–H groups in total. The molecule has 1 aliphatic rings. The lowest BCUT2D eigenvalue weighted by atomic mass is 10.2. The number of hydrogen-bond acceptors (Lipinski definition) is 4. The molecule has 5 heteroatoms. The highest BCUT2D eigenvalue weighted by atomic mass is 16.6. The summed E-state index contributed by atoms with van der Waals surface area (Å²) in [5.41, 5.74) is -0.535. The molecule has 1 atom stereocenters. The van der Waals surface area contributed by atoms with E-state index in [1.54, 1.807) is 40.0 Å². The zero-order valence-corrected chi connectivity index (χ0v) is 10.7. The van der Waals surface area contributed by atoms with Gasteiger partial charge in [-0.15, -0.1) is 0 Å². The molecule has 0 saturated heterocycles. The Morgan fingerprint density at radius 2 is 2.06 bits per heavy atom. The van der Waals surface area contributed by atoms with Gasteiger partial charge in [0.25, 0.3) is 0 Å². The molecule has 0 radical (unpaired) electrons. The Morgan fingerprint density at radius 1 is 1.41 bits per heavy atom. The minimum Gasteiger partial charge on any atom is -0.465 e. The van der Waals surface area contributed by atoms with E-state index in [-0.39, 0.29) is 18.4 Å². The first kappa shape index (κ1) is 13.5. The molecule has 0 saturated carbocycles. The van der Waals surface area contributed by atoms with Gasteiger partial charge in [0.1, 0.15) is 5.60 Å². The van der Waals surface area contributed by atoms with Crippen LogP contribution >= 0.6 is 0 Å². The van der Waals surface area contributed by atoms with Gasteiger partial charge in [-0.1, -0.05) is 6.08 Å². The molecule has 0 bridgehead atoms. The average molecular weight is 241 g/mol. The maximum absolute atomic E-state index is 11.7. The van der Waals surface area contributed by atoms with Crippen LogP contribution in [-0.2, 0) is 14.3 Å². The second-order valence-electron chi connectivity index (χ2n) is 4.83. The maximum atomic E-state index is 11.7. The predicted octanol–water partition coefficient (Wildman–Crippen LogP) is 1.93. The lowest BCUT2D eigenvalue weighted by Gasteiger charge is -2.23. The van der Waals surface area contributed by atoms with Gasteiger partial charge < -0.3 is 9.47 Å². The lowest BCUT2D eigenvalue weighted by molar-refractivity contribution is -0.146. The van der Waals surface area contributed by atoms with Crippen molar-refractivity contribution in [2.75, 3.05) is 13.2 Å². The molecule has 1 heterocycles. The highest BCUT2D eigenvalue weighted by Crippen LogP contribution is 2.18. The van der Waals surface area contributed by atoms with Crippen LogP contribution in [0.2, 0.25) is 0 Å². The summed E-state index contributed by atoms with van der Waals surface area (Å²) < 4.78 is 10.1. The Hall–Kier alpha value is -1.52. The quantitative estimate of drug-likeness (QED) is 0.693. The summed E-state index contributed by atoms with van der Waals surface area (Å²) in [7, 11) is 0. The number of ether oxygens (including phenoxy) is 2. The zero-order chi connectivity index (χ0) is 13.1. The Balaban J connectivity index is 2.49. The molecular weight excluding hydrogens is 222 g/mol. The van der Waals surface area contributed by atoms with E-state index < -0.39 is 11.7 Å². The second-order valence-corrected chi connectivity index (χ2v) is 4.83. The first-order valence-corrected chi connectivity index (χ1v) is 5.68. The summed E-state index contributed by atoms with van der Waals surface area (Å²) in [6.07, 6.45) is 2.78. The molecule has 17 heavy (non-hydrogen) atoms. The first-order valence-electron chi connectivity index (χ1n) is 5.68. The van der Waals surface area contributed by atoms with E-state index >= 15 is 0 Å². The molecule has 1 aliphatic heterocycles. The van der Waals surface area contributed by atoms with Crippen LogP contribution < -0.4 is 0 Å². The molecule has 0 aromatic rings. The van der Waals surface area contributed by atoms with Crippen LogP contribution in [0.3, 0.4) is 0 Å². The van der Waals surface area contributed by atoms with Crippen LogP contribution in [0.25, 0.3) is 0 Å². The van der Waals surface area contributed by atoms with E-state index in [9.17, 15) is 9.59 Å². The number of nitrogens with zero attached hydrogens (tertiary/aromatic N) is 1. The molecule has 1 unspecified atom stereocenters. The molecule has 5 nitrogen and oxygen atoms in total. The van der Waals surface area contributed by atoms with Crippen LogP contribution in [0.1, 0.15) is 27.7 Å². The first-order chi connectivity index (χ1) is 7.83. The van der Waals surface area contributed by atoms with Crippen molar-refractivity contribution in [3.05, 3.63) is 12.3 Å². The normalized spacial score (nSPS) is 19.3. The van der Waals surface area contributed by atoms with Gasteiger partial charge in [-0.3, -0.25) is 9.69 Å². The van der Waals surface area contributed by atoms with Gasteiger partial charge in [-0.2, -0.15) is 0 Å². The van der Waals surface area contributed by atoms with Gasteiger partial charge >= 0.3 is 12.1 Å². The number of esters is 1. The van der Waals surface area contributed by atoms with Gasteiger partial charge in [0.05, 0.1) is 12.5 Å². The molecular formula is C12H19NO4. The van der Waals surface area contributed by atoms with Crippen LogP contribution in [0.15, 0.2) is 12.3 Å². The maximum Gasteiger partial charge on any atom is 0.414 e. The minimum atomic E-state index is -0.535. The van der Waals surface area contributed by atoms with Gasteiger partial charge in [-0.05, 0) is 27.7 Å². The third kappa shape index (κ3) is 4.09. The van der Waals surface area contributed by atoms with Crippen molar-refractivity contribution in [2.24, 2.45) is 5.92 Å². The Bertz CT molecular complexity index is 330. The van der Waals surface area contributed by atoms with E-state index in [2.05, 4.69) is 0 Å². The monoisotopic (exact) mass is 241 g/mol. The van der Waals surface area contributed by atoms with Crippen LogP contribution in [0, 0.1) is 5.92 Å². The summed E-state index contributed by atoms with van der Waals surface area (Å²) in [6, 6.07) is 0. The highest BCUT2D eigenvalue weighted by molar-refractivity contribution is 5.78. The summed E-state index contributed by atoms with van der Waals surface area (Å²) in [6.45, 7) is 7.78. The molecule has 1 amide bonds. The van der Waals surface area contributed by atoms with Crippen LogP contribution in [0.4, 0.5) is 4.79 Å². The number of hydrogen-bond donors (Lipinski definition) is 0. The van der Waals surface area contributed by atoms with Gasteiger partial charge in [0, 0.05) is 12.7 Å². The number of carbonyl (C=O) groups is 2. The fourth-order valence-corrected chi connectivity index (χ4v) is 1.40. The Morgan fingerprint density at radius 3 is 2.59 bits per heavy atom. The van der Waals surface area contributed by atoms with Crippen LogP contribution in [0.5, 0.6) is 0 Å². The van der Waals surface area contributed by atoms with E-state index in [0.717, 1.165) is 0 Å². The topological polar surface area (TPSA) is 55.8 Å². The van der Waals surface area contributed by atoms with Gasteiger partial charge in [0.15, 0.2) is 0 Å². The Labute approximate surface area is 101 Å². The SMILES string of the molecule is CCOC(=O)C1C=CN(C(=O)OC(C)(C)C)C1. The molecule has 1 rings (SSSR count). The summed E-state index contributed by atoms with van der Waals surface area (Å²) >= 11 is 0. The van der Waals surface area contributed by atoms with Crippen molar-refractivity contribution in [3.63, 3.8) is 0 Å². The summed E-state index contributed by atoms with van der Waals surface area (Å²) in [4.78, 5) is 24.5. The molecule has 0 aromatic heterocycles. The summed E-state index contributed by atoms with van der Waals surface area (Å²) in [5, 5.41) is 0. The largest absolute Gasteiger partial charge is 0.465 e. The number of rotatable bonds is 2. The zero-order valence-electron chi connectivity index (χ0n) is 10.7. The fraction of sp³-hybridized carbons (Fsp3) is 0.667. The standard InChI is InChI=1S/C12H19NO4/c1-5-16-10(14)9-6-7-13(8-9)11(15)17-12(2,3)4/h6-7,9H,5,8H2,1-4H3. The highest BCUT2D eigenvalue weighted by Gasteiger charge is 2.30. The van der Waals surface area contributed by atoms with Crippen molar-refractivity contribution in [1.29, 1.82) is 0 Å². The van der Waals surface area contributed by atoms with Crippen LogP contribution in [-0.4, -0.2) is 35.7 Å². The molecule has 0 fully saturated rings. The van der Waals surface area contributed by atoms with E-state index in [1.165, 1.54) is 4.90 Å². The third-order valence-electron chi connectivity index (χ3n) is 2.11. The minimum absolute atomic E-state index is 0.285. The van der Waals surface area contributed by atoms with Crippen molar-refractivity contribution in [1.82, 2.24) is 4.90 Å². The number of amides is 1. The molecule has 96 valence electrons. The summed E-state index contributed by atoms with van der Waals surface area (Å²) in [5.74, 6) is -0.697. The lowest BCUT2D eigenvalue weighted by Crippen LogP contribution is -2.34. The van der Waals surface area contributed by atoms with E-state index in [0.29, 0.717) is 6.61 Å². The number of carbonyl (C=O) groups excluding carboxylic acids is 2. The van der Waals surface area contributed by atoms with Crippen molar-refractivity contribution >= 4 is 12.1 Å². The molecule has 0 spiro atoms. The molecule has 0 aliphatic carbocycles. The Kier molecular flexibility index (Phi) is 4.15. The second kappa shape index (κ2) is 5.21. The third-order valence-corrected chi connectivity index (χ3v) is 2.11. The van der Waals surface area contributed by atoms with Gasteiger partial charge in [-0.25, -0.2) is 4.79 Å². The fourth-order valence-electron chi connectivity index (χ4n) is 1.40. The smallest absolute Gasteiger partial charge is 0.414 e. The average Bonchev–Trinajstić information content (AvgIpc) is 2.63. The van der Waals surface area contributed by atoms with E-state index in [4.69, 9.17) is 9.47 Å². The van der Waals surface area contributed by atoms with Gasteiger partial charge in [0.2, 0.25) is 0 Å². The van der Waals surface area contributed by atoms with Crippen molar-refractivity contribution in [3.8, 4) is 0 Å². The molecule has 0 aromatic carbocycles. The van der Waals surface area contributed by atoms with Crippen molar-refractivity contribution < 1.29 is 19.1 Å². The van der Waals surface area contributed by atoms with Crippen molar-refractivity contribution in [2.45, 2.75) is 33.3 Å². The van der Waals surface area contributed by atoms with E-state index in [1.807, 2.05) is 0 Å².